The molecule has 3 rings (SSSR count). The van der Waals surface area contributed by atoms with Crippen LogP contribution in [0.1, 0.15) is 0 Å². The van der Waals surface area contributed by atoms with Crippen LogP contribution in [0.5, 0.6) is 0 Å². The molecule has 0 aliphatic carbocycles. The number of fused-ring (bicyclic) bond motifs is 1. The predicted octanol–water partition coefficient (Wildman–Crippen LogP) is 0.799. The van der Waals surface area contributed by atoms with E-state index in [1.807, 2.05) is 18.2 Å². The number of sulfone groups is 1. The molecule has 11 heteroatoms. The Hall–Kier alpha value is -2.00. The summed E-state index contributed by atoms with van der Waals surface area (Å²) >= 11 is 4.62. The zero-order valence-electron chi connectivity index (χ0n) is 15.3. The zero-order chi connectivity index (χ0) is 21.0. The first-order valence-corrected chi connectivity index (χ1v) is 12.1. The Morgan fingerprint density at radius 2 is 2.00 bits per heavy atom. The van der Waals surface area contributed by atoms with Crippen molar-refractivity contribution < 1.29 is 22.7 Å². The number of thiazole rings is 1. The van der Waals surface area contributed by atoms with E-state index < -0.39 is 33.2 Å². The maximum absolute atomic E-state index is 12.3. The van der Waals surface area contributed by atoms with Crippen molar-refractivity contribution in [1.82, 2.24) is 9.47 Å². The van der Waals surface area contributed by atoms with Crippen LogP contribution in [0.25, 0.3) is 10.2 Å². The summed E-state index contributed by atoms with van der Waals surface area (Å²) in [5, 5.41) is 0. The minimum absolute atomic E-state index is 0.190. The van der Waals surface area contributed by atoms with Gasteiger partial charge < -0.3 is 14.2 Å². The molecule has 2 amide bonds. The minimum Gasteiger partial charge on any atom is -0.378 e. The number of hydrogen-bond donors (Lipinski definition) is 0. The molecule has 8 nitrogen and oxygen atoms in total. The third kappa shape index (κ3) is 5.54. The van der Waals surface area contributed by atoms with Crippen LogP contribution in [0.3, 0.4) is 0 Å². The lowest BCUT2D eigenvalue weighted by Gasteiger charge is -2.26. The third-order valence-corrected chi connectivity index (χ3v) is 7.07. The summed E-state index contributed by atoms with van der Waals surface area (Å²) in [6.07, 6.45) is 5.42. The van der Waals surface area contributed by atoms with Gasteiger partial charge in [0.05, 0.1) is 30.0 Å². The molecule has 0 bridgehead atoms. The van der Waals surface area contributed by atoms with E-state index in [0.717, 1.165) is 14.7 Å². The second-order valence-electron chi connectivity index (χ2n) is 6.32. The number of aromatic nitrogens is 1. The molecule has 2 heterocycles. The lowest BCUT2D eigenvalue weighted by molar-refractivity contribution is -0.132. The minimum atomic E-state index is -3.94. The van der Waals surface area contributed by atoms with Crippen molar-refractivity contribution in [2.45, 2.75) is 6.54 Å². The van der Waals surface area contributed by atoms with E-state index in [1.165, 1.54) is 16.2 Å². The predicted molar refractivity (Wildman–Crippen MR) is 113 cm³/mol. The molecule has 154 valence electrons. The molecule has 0 atom stereocenters. The summed E-state index contributed by atoms with van der Waals surface area (Å²) in [4.78, 5) is 30.2. The van der Waals surface area contributed by atoms with E-state index in [9.17, 15) is 18.0 Å². The second-order valence-corrected chi connectivity index (χ2v) is 10.3. The fourth-order valence-electron chi connectivity index (χ4n) is 2.85. The number of nitrogens with zero attached hydrogens (tertiary/aromatic N) is 3. The van der Waals surface area contributed by atoms with E-state index in [0.29, 0.717) is 31.1 Å². The van der Waals surface area contributed by atoms with Crippen LogP contribution in [0.4, 0.5) is 0 Å². The van der Waals surface area contributed by atoms with Gasteiger partial charge in [0, 0.05) is 17.6 Å². The summed E-state index contributed by atoms with van der Waals surface area (Å²) < 4.78 is 33.2. The quantitative estimate of drug-likeness (QED) is 0.566. The number of rotatable bonds is 5. The second kappa shape index (κ2) is 9.21. The van der Waals surface area contributed by atoms with Gasteiger partial charge in [-0.25, -0.2) is 8.42 Å². The van der Waals surface area contributed by atoms with Crippen molar-refractivity contribution >= 4 is 59.1 Å². The lowest BCUT2D eigenvalue weighted by Crippen LogP contribution is -2.43. The van der Waals surface area contributed by atoms with Crippen LogP contribution in [0.2, 0.25) is 0 Å². The van der Waals surface area contributed by atoms with Gasteiger partial charge in [0.2, 0.25) is 5.91 Å². The zero-order valence-corrected chi connectivity index (χ0v) is 18.6. The highest BCUT2D eigenvalue weighted by molar-refractivity contribution is 9.10. The Kier molecular flexibility index (Phi) is 6.89. The number of morpholine rings is 1. The fourth-order valence-corrected chi connectivity index (χ4v) is 5.55. The van der Waals surface area contributed by atoms with Crippen molar-refractivity contribution in [2.75, 3.05) is 37.8 Å². The van der Waals surface area contributed by atoms with Crippen molar-refractivity contribution in [2.24, 2.45) is 4.99 Å². The maximum Gasteiger partial charge on any atom is 0.263 e. The van der Waals surface area contributed by atoms with Gasteiger partial charge in [0.1, 0.15) is 11.5 Å². The molecule has 29 heavy (non-hydrogen) atoms. The first-order valence-electron chi connectivity index (χ1n) is 8.65. The summed E-state index contributed by atoms with van der Waals surface area (Å²) in [6.45, 7) is 1.62. The standard InChI is InChI=1S/C18H18BrN3O5S2/c1-2-5-22-14-4-3-13(19)10-15(14)28-18(22)20-16(23)11-29(25,26)12-17(24)21-6-8-27-9-7-21/h1,3-4,10H,5-9,11-12H2. The first-order chi connectivity index (χ1) is 13.8. The normalized spacial score (nSPS) is 15.4. The molecule has 0 unspecified atom stereocenters. The Morgan fingerprint density at radius 3 is 2.69 bits per heavy atom. The highest BCUT2D eigenvalue weighted by Crippen LogP contribution is 2.22. The molecule has 1 aliphatic rings. The van der Waals surface area contributed by atoms with E-state index in [2.05, 4.69) is 26.8 Å². The van der Waals surface area contributed by atoms with Crippen molar-refractivity contribution in [3.8, 4) is 12.3 Å². The van der Waals surface area contributed by atoms with Crippen LogP contribution in [0.15, 0.2) is 27.7 Å². The molecule has 1 saturated heterocycles. The first kappa shape index (κ1) is 21.7. The molecular formula is C18H18BrN3O5S2. The molecule has 1 aliphatic heterocycles. The van der Waals surface area contributed by atoms with E-state index in [1.54, 1.807) is 4.57 Å². The molecule has 1 fully saturated rings. The number of halogens is 1. The Balaban J connectivity index is 1.80. The third-order valence-electron chi connectivity index (χ3n) is 4.17. The van der Waals surface area contributed by atoms with E-state index in [-0.39, 0.29) is 6.54 Å². The number of carbonyl (C=O) groups excluding carboxylic acids is 2. The van der Waals surface area contributed by atoms with Gasteiger partial charge in [-0.1, -0.05) is 33.2 Å². The number of benzene rings is 1. The fraction of sp³-hybridized carbons (Fsp3) is 0.389. The summed E-state index contributed by atoms with van der Waals surface area (Å²) in [6, 6.07) is 5.55. The number of amides is 2. The van der Waals surface area contributed by atoms with Crippen molar-refractivity contribution in [3.05, 3.63) is 27.5 Å². The molecule has 0 spiro atoms. The van der Waals surface area contributed by atoms with Crippen LogP contribution in [-0.2, 0) is 30.7 Å². The van der Waals surface area contributed by atoms with Gasteiger partial charge in [0.25, 0.3) is 5.91 Å². The molecule has 2 aromatic rings. The summed E-state index contributed by atoms with van der Waals surface area (Å²) in [5.74, 6) is -0.420. The number of hydrogen-bond acceptors (Lipinski definition) is 6. The molecular weight excluding hydrogens is 482 g/mol. The van der Waals surface area contributed by atoms with Gasteiger partial charge >= 0.3 is 0 Å². The largest absolute Gasteiger partial charge is 0.378 e. The van der Waals surface area contributed by atoms with Crippen LogP contribution in [0, 0.1) is 12.3 Å². The average Bonchev–Trinajstić information content (AvgIpc) is 2.98. The molecule has 0 saturated carbocycles. The molecule has 0 N–H and O–H groups in total. The van der Waals surface area contributed by atoms with E-state index in [4.69, 9.17) is 11.2 Å². The van der Waals surface area contributed by atoms with Gasteiger partial charge in [-0.3, -0.25) is 9.59 Å². The summed E-state index contributed by atoms with van der Waals surface area (Å²) in [7, 11) is -3.94. The molecule has 0 radical (unpaired) electrons. The average molecular weight is 500 g/mol. The Labute approximate surface area is 180 Å². The van der Waals surface area contributed by atoms with Gasteiger partial charge in [0.15, 0.2) is 14.6 Å². The highest BCUT2D eigenvalue weighted by Gasteiger charge is 2.25. The number of terminal acetylenes is 1. The van der Waals surface area contributed by atoms with Crippen LogP contribution in [-0.4, -0.2) is 67.5 Å². The van der Waals surface area contributed by atoms with Gasteiger partial charge in [-0.15, -0.1) is 6.42 Å². The Morgan fingerprint density at radius 1 is 1.28 bits per heavy atom. The topological polar surface area (TPSA) is 98.0 Å². The molecule has 1 aromatic heterocycles. The van der Waals surface area contributed by atoms with Crippen LogP contribution < -0.4 is 4.80 Å². The van der Waals surface area contributed by atoms with E-state index >= 15 is 0 Å². The lowest BCUT2D eigenvalue weighted by atomic mass is 10.3. The van der Waals surface area contributed by atoms with Crippen molar-refractivity contribution in [1.29, 1.82) is 0 Å². The van der Waals surface area contributed by atoms with Crippen LogP contribution >= 0.6 is 27.3 Å². The van der Waals surface area contributed by atoms with Gasteiger partial charge in [-0.05, 0) is 18.2 Å². The summed E-state index contributed by atoms with van der Waals surface area (Å²) in [5.41, 5.74) is 0.799. The number of ether oxygens (including phenoxy) is 1. The van der Waals surface area contributed by atoms with Crippen molar-refractivity contribution in [3.63, 3.8) is 0 Å². The SMILES string of the molecule is C#CCn1c(=NC(=O)CS(=O)(=O)CC(=O)N2CCOCC2)sc2cc(Br)ccc21. The molecule has 1 aromatic carbocycles. The highest BCUT2D eigenvalue weighted by atomic mass is 79.9. The monoisotopic (exact) mass is 499 g/mol. The maximum atomic E-state index is 12.3. The number of carbonyl (C=O) groups is 2. The smallest absolute Gasteiger partial charge is 0.263 e. The van der Waals surface area contributed by atoms with Gasteiger partial charge in [-0.2, -0.15) is 4.99 Å². The Bertz CT molecular complexity index is 1150.